The molecular weight excluding hydrogens is 262 g/mol. The summed E-state index contributed by atoms with van der Waals surface area (Å²) in [6.45, 7) is 1.65. The van der Waals surface area contributed by atoms with E-state index in [0.29, 0.717) is 10.4 Å². The van der Waals surface area contributed by atoms with Crippen molar-refractivity contribution in [1.82, 2.24) is 5.32 Å². The molecule has 1 unspecified atom stereocenters. The topological polar surface area (TPSA) is 62.5 Å². The lowest BCUT2D eigenvalue weighted by atomic mass is 9.99. The number of hydrogen-bond donors (Lipinski definition) is 2. The molecule has 0 aliphatic carbocycles. The Kier molecular flexibility index (Phi) is 3.56. The third kappa shape index (κ3) is 2.41. The van der Waals surface area contributed by atoms with Gasteiger partial charge in [-0.15, -0.1) is 6.42 Å². The van der Waals surface area contributed by atoms with E-state index in [1.54, 1.807) is 12.1 Å². The van der Waals surface area contributed by atoms with Crippen LogP contribution in [0.5, 0.6) is 0 Å². The van der Waals surface area contributed by atoms with Gasteiger partial charge >= 0.3 is 5.97 Å². The van der Waals surface area contributed by atoms with Crippen molar-refractivity contribution in [2.24, 2.45) is 0 Å². The van der Waals surface area contributed by atoms with E-state index in [4.69, 9.17) is 15.9 Å². The minimum atomic E-state index is -1.31. The zero-order valence-corrected chi connectivity index (χ0v) is 9.67. The fourth-order valence-electron chi connectivity index (χ4n) is 1.08. The van der Waals surface area contributed by atoms with Gasteiger partial charge in [0.1, 0.15) is 5.76 Å². The molecule has 1 atom stereocenters. The maximum atomic E-state index is 11.1. The van der Waals surface area contributed by atoms with E-state index in [0.717, 1.165) is 0 Å². The van der Waals surface area contributed by atoms with Crippen LogP contribution in [0.2, 0.25) is 0 Å². The molecule has 0 spiro atoms. The van der Waals surface area contributed by atoms with Crippen molar-refractivity contribution in [1.29, 1.82) is 0 Å². The fourth-order valence-corrected chi connectivity index (χ4v) is 1.39. The van der Waals surface area contributed by atoms with Crippen molar-refractivity contribution in [3.05, 3.63) is 22.6 Å². The van der Waals surface area contributed by atoms with Crippen LogP contribution < -0.4 is 5.32 Å². The van der Waals surface area contributed by atoms with Gasteiger partial charge in [0.05, 0.1) is 6.54 Å². The first-order chi connectivity index (χ1) is 7.00. The van der Waals surface area contributed by atoms with E-state index in [-0.39, 0.29) is 6.54 Å². The molecule has 1 heterocycles. The summed E-state index contributed by atoms with van der Waals surface area (Å²) in [5.41, 5.74) is -1.31. The molecule has 0 fully saturated rings. The zero-order chi connectivity index (χ0) is 11.5. The normalized spacial score (nSPS) is 14.2. The molecule has 1 rings (SSSR count). The molecule has 2 N–H and O–H groups in total. The molecule has 0 saturated carbocycles. The Morgan fingerprint density at radius 1 is 1.80 bits per heavy atom. The van der Waals surface area contributed by atoms with Crippen molar-refractivity contribution in [3.63, 3.8) is 0 Å². The maximum Gasteiger partial charge on any atom is 0.331 e. The Morgan fingerprint density at radius 3 is 2.87 bits per heavy atom. The second-order valence-electron chi connectivity index (χ2n) is 3.09. The Balaban J connectivity index is 3.02. The van der Waals surface area contributed by atoms with Gasteiger partial charge in [-0.2, -0.15) is 0 Å². The Hall–Kier alpha value is -1.25. The highest BCUT2D eigenvalue weighted by molar-refractivity contribution is 9.10. The number of carboxylic acid groups (broad SMARTS) is 1. The van der Waals surface area contributed by atoms with Crippen LogP contribution in [0.15, 0.2) is 21.2 Å². The summed E-state index contributed by atoms with van der Waals surface area (Å²) >= 11 is 3.11. The van der Waals surface area contributed by atoms with E-state index in [1.165, 1.54) is 6.92 Å². The second-order valence-corrected chi connectivity index (χ2v) is 3.87. The highest BCUT2D eigenvalue weighted by atomic mass is 79.9. The maximum absolute atomic E-state index is 11.1. The molecule has 0 aliphatic rings. The van der Waals surface area contributed by atoms with Gasteiger partial charge in [-0.25, -0.2) is 4.79 Å². The lowest BCUT2D eigenvalue weighted by Crippen LogP contribution is -2.46. The molecule has 0 bridgehead atoms. The predicted molar refractivity (Wildman–Crippen MR) is 58.2 cm³/mol. The van der Waals surface area contributed by atoms with E-state index >= 15 is 0 Å². The summed E-state index contributed by atoms with van der Waals surface area (Å²) < 4.78 is 5.69. The molecule has 0 aromatic carbocycles. The molecule has 0 radical (unpaired) electrons. The van der Waals surface area contributed by atoms with Crippen LogP contribution in [-0.4, -0.2) is 17.6 Å². The minimum absolute atomic E-state index is 0.154. The average molecular weight is 272 g/mol. The Bertz CT molecular complexity index is 407. The number of halogens is 1. The lowest BCUT2D eigenvalue weighted by molar-refractivity contribution is -0.145. The standard InChI is InChI=1S/C10H10BrNO3/c1-3-6-12-10(2,9(13)14)7-4-5-8(11)15-7/h1,4-5,12H,6H2,2H3,(H,13,14). The molecule has 0 amide bonds. The number of carbonyl (C=O) groups is 1. The highest BCUT2D eigenvalue weighted by Gasteiger charge is 2.37. The Morgan fingerprint density at radius 2 is 2.47 bits per heavy atom. The second kappa shape index (κ2) is 4.51. The molecule has 15 heavy (non-hydrogen) atoms. The summed E-state index contributed by atoms with van der Waals surface area (Å²) in [5, 5.41) is 11.8. The molecule has 4 nitrogen and oxygen atoms in total. The van der Waals surface area contributed by atoms with Gasteiger partial charge in [0, 0.05) is 0 Å². The van der Waals surface area contributed by atoms with Crippen molar-refractivity contribution in [3.8, 4) is 12.3 Å². The quantitative estimate of drug-likeness (QED) is 0.816. The van der Waals surface area contributed by atoms with E-state index in [2.05, 4.69) is 27.2 Å². The highest BCUT2D eigenvalue weighted by Crippen LogP contribution is 2.25. The number of furan rings is 1. The number of aliphatic carboxylic acids is 1. The van der Waals surface area contributed by atoms with Crippen molar-refractivity contribution < 1.29 is 14.3 Å². The van der Waals surface area contributed by atoms with Gasteiger partial charge in [0.15, 0.2) is 10.2 Å². The molecule has 5 heteroatoms. The van der Waals surface area contributed by atoms with Crippen LogP contribution in [0, 0.1) is 12.3 Å². The molecule has 1 aromatic heterocycles. The fraction of sp³-hybridized carbons (Fsp3) is 0.300. The van der Waals surface area contributed by atoms with Gasteiger partial charge in [-0.1, -0.05) is 5.92 Å². The summed E-state index contributed by atoms with van der Waals surface area (Å²) in [4.78, 5) is 11.1. The lowest BCUT2D eigenvalue weighted by Gasteiger charge is -2.22. The Labute approximate surface area is 95.8 Å². The summed E-state index contributed by atoms with van der Waals surface area (Å²) in [5.74, 6) is 1.59. The zero-order valence-electron chi connectivity index (χ0n) is 8.08. The largest absolute Gasteiger partial charge is 0.480 e. The molecule has 1 aromatic rings. The summed E-state index contributed by atoms with van der Waals surface area (Å²) in [7, 11) is 0. The number of terminal acetylenes is 1. The summed E-state index contributed by atoms with van der Waals surface area (Å²) in [6.07, 6.45) is 5.07. The molecule has 0 aliphatic heterocycles. The van der Waals surface area contributed by atoms with Gasteiger partial charge in [-0.3, -0.25) is 5.32 Å². The van der Waals surface area contributed by atoms with Gasteiger partial charge in [0.25, 0.3) is 0 Å². The first kappa shape index (κ1) is 11.8. The third-order valence-electron chi connectivity index (χ3n) is 2.04. The molecular formula is C10H10BrNO3. The molecule has 0 saturated heterocycles. The van der Waals surface area contributed by atoms with Crippen LogP contribution in [-0.2, 0) is 10.3 Å². The van der Waals surface area contributed by atoms with Crippen molar-refractivity contribution >= 4 is 21.9 Å². The van der Waals surface area contributed by atoms with E-state index in [1.807, 2.05) is 0 Å². The SMILES string of the molecule is C#CCNC(C)(C(=O)O)c1ccc(Br)o1. The number of carboxylic acids is 1. The van der Waals surface area contributed by atoms with Crippen LogP contribution >= 0.6 is 15.9 Å². The summed E-state index contributed by atoms with van der Waals surface area (Å²) in [6, 6.07) is 3.22. The van der Waals surface area contributed by atoms with Crippen molar-refractivity contribution in [2.45, 2.75) is 12.5 Å². The predicted octanol–water partition coefficient (Wildman–Crippen LogP) is 1.56. The van der Waals surface area contributed by atoms with E-state index < -0.39 is 11.5 Å². The first-order valence-corrected chi connectivity index (χ1v) is 4.97. The van der Waals surface area contributed by atoms with Gasteiger partial charge in [-0.05, 0) is 35.0 Å². The monoisotopic (exact) mass is 271 g/mol. The number of hydrogen-bond acceptors (Lipinski definition) is 3. The van der Waals surface area contributed by atoms with Crippen LogP contribution in [0.4, 0.5) is 0 Å². The molecule has 80 valence electrons. The number of rotatable bonds is 4. The third-order valence-corrected chi connectivity index (χ3v) is 2.46. The van der Waals surface area contributed by atoms with Gasteiger partial charge < -0.3 is 9.52 Å². The average Bonchev–Trinajstić information content (AvgIpc) is 2.61. The minimum Gasteiger partial charge on any atom is -0.480 e. The van der Waals surface area contributed by atoms with Crippen LogP contribution in [0.25, 0.3) is 0 Å². The van der Waals surface area contributed by atoms with Crippen LogP contribution in [0.1, 0.15) is 12.7 Å². The van der Waals surface area contributed by atoms with Gasteiger partial charge in [0.2, 0.25) is 0 Å². The van der Waals surface area contributed by atoms with Crippen LogP contribution in [0.3, 0.4) is 0 Å². The van der Waals surface area contributed by atoms with E-state index in [9.17, 15) is 4.79 Å². The first-order valence-electron chi connectivity index (χ1n) is 4.18. The number of nitrogens with one attached hydrogen (secondary N) is 1. The van der Waals surface area contributed by atoms with Crippen molar-refractivity contribution in [2.75, 3.05) is 6.54 Å². The smallest absolute Gasteiger partial charge is 0.331 e.